The lowest BCUT2D eigenvalue weighted by molar-refractivity contribution is -0.870. The highest BCUT2D eigenvalue weighted by molar-refractivity contribution is 7.47. The van der Waals surface area contributed by atoms with Crippen molar-refractivity contribution in [2.75, 3.05) is 47.5 Å². The first kappa shape index (κ1) is 46.7. The number of likely N-dealkylation sites (N-methyl/N-ethyl adjacent to an activating group) is 1. The largest absolute Gasteiger partial charge is 0.472 e. The predicted molar refractivity (Wildman–Crippen MR) is 201 cm³/mol. The van der Waals surface area contributed by atoms with Crippen LogP contribution < -0.4 is 0 Å². The molecule has 0 aromatic heterocycles. The molecule has 2 atom stereocenters. The molecule has 0 aliphatic heterocycles. The highest BCUT2D eigenvalue weighted by Gasteiger charge is 2.27. The lowest BCUT2D eigenvalue weighted by atomic mass is 10.1. The minimum atomic E-state index is -4.38. The molecule has 0 saturated heterocycles. The average Bonchev–Trinajstić information content (AvgIpc) is 3.04. The highest BCUT2D eigenvalue weighted by Crippen LogP contribution is 2.43. The van der Waals surface area contributed by atoms with Crippen molar-refractivity contribution in [1.29, 1.82) is 0 Å². The SMILES string of the molecule is CC/C=C\C/C=C\C/C=C\C/C=C\CCCCC(=O)OC(COC(=O)CCCCCCC/C=C\CCC)COP(=O)(O)OCC[N+](C)(C)C. The molecule has 49 heavy (non-hydrogen) atoms. The Morgan fingerprint density at radius 2 is 1.16 bits per heavy atom. The summed E-state index contributed by atoms with van der Waals surface area (Å²) in [4.78, 5) is 35.1. The van der Waals surface area contributed by atoms with Gasteiger partial charge in [0.1, 0.15) is 19.8 Å². The van der Waals surface area contributed by atoms with Crippen molar-refractivity contribution in [2.45, 2.75) is 129 Å². The Morgan fingerprint density at radius 3 is 1.80 bits per heavy atom. The van der Waals surface area contributed by atoms with Crippen LogP contribution in [-0.4, -0.2) is 74.9 Å². The molecule has 1 N–H and O–H groups in total. The molecule has 0 heterocycles. The van der Waals surface area contributed by atoms with Gasteiger partial charge < -0.3 is 18.9 Å². The van der Waals surface area contributed by atoms with Gasteiger partial charge >= 0.3 is 19.8 Å². The van der Waals surface area contributed by atoms with Crippen LogP contribution in [0.3, 0.4) is 0 Å². The quantitative estimate of drug-likeness (QED) is 0.0242. The zero-order valence-corrected chi connectivity index (χ0v) is 32.3. The number of hydrogen-bond donors (Lipinski definition) is 1. The molecule has 0 fully saturated rings. The van der Waals surface area contributed by atoms with Gasteiger partial charge in [0.25, 0.3) is 0 Å². The summed E-state index contributed by atoms with van der Waals surface area (Å²) in [7, 11) is 1.43. The number of carbonyl (C=O) groups is 2. The van der Waals surface area contributed by atoms with Crippen LogP contribution >= 0.6 is 7.82 Å². The standard InChI is InChI=1S/C39H68NO8P/c1-6-8-10-12-14-16-18-19-20-21-22-24-26-28-30-32-39(42)48-37(36-47-49(43,44)46-34-33-40(3,4)5)35-45-38(41)31-29-27-25-23-17-15-13-11-9-7-2/h8,10-11,13-14,16,19-20,22,24,37H,6-7,9,12,15,17-18,21,23,25-36H2,1-5H3/p+1/b10-8-,13-11-,16-14-,20-19-,24-22-. The summed E-state index contributed by atoms with van der Waals surface area (Å²) in [6, 6.07) is 0. The maximum Gasteiger partial charge on any atom is 0.472 e. The van der Waals surface area contributed by atoms with Crippen molar-refractivity contribution in [2.24, 2.45) is 0 Å². The summed E-state index contributed by atoms with van der Waals surface area (Å²) >= 11 is 0. The smallest absolute Gasteiger partial charge is 0.462 e. The molecule has 0 saturated carbocycles. The molecule has 0 aromatic rings. The van der Waals surface area contributed by atoms with Crippen LogP contribution in [0.1, 0.15) is 123 Å². The fraction of sp³-hybridized carbons (Fsp3) is 0.692. The number of quaternary nitrogens is 1. The van der Waals surface area contributed by atoms with Gasteiger partial charge in [-0.15, -0.1) is 0 Å². The van der Waals surface area contributed by atoms with E-state index in [2.05, 4.69) is 74.6 Å². The summed E-state index contributed by atoms with van der Waals surface area (Å²) in [6.07, 6.45) is 35.7. The zero-order valence-electron chi connectivity index (χ0n) is 31.4. The van der Waals surface area contributed by atoms with E-state index in [-0.39, 0.29) is 26.1 Å². The van der Waals surface area contributed by atoms with Crippen molar-refractivity contribution < 1.29 is 42.1 Å². The van der Waals surface area contributed by atoms with Crippen LogP contribution in [0, 0.1) is 0 Å². The summed E-state index contributed by atoms with van der Waals surface area (Å²) in [5, 5.41) is 0. The van der Waals surface area contributed by atoms with E-state index in [9.17, 15) is 19.0 Å². The van der Waals surface area contributed by atoms with Crippen LogP contribution in [0.5, 0.6) is 0 Å². The van der Waals surface area contributed by atoms with Gasteiger partial charge in [0.15, 0.2) is 6.10 Å². The zero-order chi connectivity index (χ0) is 36.5. The monoisotopic (exact) mass is 710 g/mol. The van der Waals surface area contributed by atoms with Crippen molar-refractivity contribution in [1.82, 2.24) is 0 Å². The van der Waals surface area contributed by atoms with Gasteiger partial charge in [0.05, 0.1) is 27.7 Å². The van der Waals surface area contributed by atoms with Crippen molar-refractivity contribution in [3.8, 4) is 0 Å². The molecular formula is C39H69NO8P+. The summed E-state index contributed by atoms with van der Waals surface area (Å²) < 4.78 is 34.0. The van der Waals surface area contributed by atoms with Crippen LogP contribution in [0.2, 0.25) is 0 Å². The van der Waals surface area contributed by atoms with Gasteiger partial charge in [0.2, 0.25) is 0 Å². The van der Waals surface area contributed by atoms with E-state index >= 15 is 0 Å². The third kappa shape index (κ3) is 35.3. The first-order valence-electron chi connectivity index (χ1n) is 18.5. The molecular weight excluding hydrogens is 641 g/mol. The Morgan fingerprint density at radius 1 is 0.653 bits per heavy atom. The Hall–Kier alpha value is -2.29. The van der Waals surface area contributed by atoms with Gasteiger partial charge in [0, 0.05) is 12.8 Å². The number of phosphoric ester groups is 1. The molecule has 9 nitrogen and oxygen atoms in total. The second kappa shape index (κ2) is 31.7. The Labute approximate surface area is 298 Å². The maximum absolute atomic E-state index is 12.6. The van der Waals surface area contributed by atoms with Crippen LogP contribution in [0.15, 0.2) is 60.8 Å². The fourth-order valence-corrected chi connectivity index (χ4v) is 5.10. The lowest BCUT2D eigenvalue weighted by Gasteiger charge is -2.24. The van der Waals surface area contributed by atoms with Gasteiger partial charge in [-0.05, 0) is 70.6 Å². The second-order valence-corrected chi connectivity index (χ2v) is 14.7. The normalized spacial score (nSPS) is 14.5. The summed E-state index contributed by atoms with van der Waals surface area (Å²) in [5.41, 5.74) is 0. The Kier molecular flexibility index (Phi) is 30.2. The van der Waals surface area contributed by atoms with E-state index in [0.717, 1.165) is 83.5 Å². The third-order valence-electron chi connectivity index (χ3n) is 7.26. The van der Waals surface area contributed by atoms with Gasteiger partial charge in [-0.25, -0.2) is 4.57 Å². The number of esters is 2. The molecule has 0 bridgehead atoms. The van der Waals surface area contributed by atoms with E-state index in [1.165, 1.54) is 6.42 Å². The lowest BCUT2D eigenvalue weighted by Crippen LogP contribution is -2.37. The maximum atomic E-state index is 12.6. The number of allylic oxidation sites excluding steroid dienone is 10. The van der Waals surface area contributed by atoms with Crippen molar-refractivity contribution in [3.05, 3.63) is 60.8 Å². The second-order valence-electron chi connectivity index (χ2n) is 13.2. The van der Waals surface area contributed by atoms with Crippen molar-refractivity contribution >= 4 is 19.8 Å². The number of unbranched alkanes of at least 4 members (excludes halogenated alkanes) is 8. The van der Waals surface area contributed by atoms with E-state index in [1.54, 1.807) is 0 Å². The van der Waals surface area contributed by atoms with Crippen LogP contribution in [0.25, 0.3) is 0 Å². The number of ether oxygens (including phenoxy) is 2. The molecule has 0 amide bonds. The average molecular weight is 711 g/mol. The first-order valence-corrected chi connectivity index (χ1v) is 20.0. The number of hydrogen-bond acceptors (Lipinski definition) is 7. The number of phosphoric acid groups is 1. The molecule has 0 radical (unpaired) electrons. The van der Waals surface area contributed by atoms with E-state index in [1.807, 2.05) is 21.1 Å². The summed E-state index contributed by atoms with van der Waals surface area (Å²) in [6.45, 7) is 4.14. The third-order valence-corrected chi connectivity index (χ3v) is 8.25. The predicted octanol–water partition coefficient (Wildman–Crippen LogP) is 9.73. The summed E-state index contributed by atoms with van der Waals surface area (Å²) in [5.74, 6) is -0.870. The van der Waals surface area contributed by atoms with E-state index < -0.39 is 32.5 Å². The molecule has 10 heteroatoms. The minimum Gasteiger partial charge on any atom is -0.462 e. The topological polar surface area (TPSA) is 108 Å². The Balaban J connectivity index is 4.56. The molecule has 0 aliphatic rings. The molecule has 0 spiro atoms. The van der Waals surface area contributed by atoms with E-state index in [4.69, 9.17) is 18.5 Å². The minimum absolute atomic E-state index is 0.0194. The van der Waals surface area contributed by atoms with E-state index in [0.29, 0.717) is 17.4 Å². The van der Waals surface area contributed by atoms with Gasteiger partial charge in [-0.3, -0.25) is 18.6 Å². The molecule has 2 unspecified atom stereocenters. The number of carbonyl (C=O) groups excluding carboxylic acids is 2. The molecule has 0 aliphatic carbocycles. The van der Waals surface area contributed by atoms with Crippen molar-refractivity contribution in [3.63, 3.8) is 0 Å². The Bertz CT molecular complexity index is 1030. The highest BCUT2D eigenvalue weighted by atomic mass is 31.2. The molecule has 0 aromatic carbocycles. The number of rotatable bonds is 32. The molecule has 282 valence electrons. The molecule has 0 rings (SSSR count). The number of nitrogens with zero attached hydrogens (tertiary/aromatic N) is 1. The van der Waals surface area contributed by atoms with Crippen LogP contribution in [0.4, 0.5) is 0 Å². The fourth-order valence-electron chi connectivity index (χ4n) is 4.36. The van der Waals surface area contributed by atoms with Gasteiger partial charge in [-0.2, -0.15) is 0 Å². The van der Waals surface area contributed by atoms with Crippen LogP contribution in [-0.2, 0) is 32.7 Å². The first-order chi connectivity index (χ1) is 23.5. The van der Waals surface area contributed by atoms with Gasteiger partial charge in [-0.1, -0.05) is 100 Å².